The Labute approximate surface area is 171 Å². The van der Waals surface area contributed by atoms with Crippen LogP contribution in [-0.2, 0) is 4.74 Å². The molecule has 0 radical (unpaired) electrons. The van der Waals surface area contributed by atoms with Gasteiger partial charge in [0.05, 0.1) is 29.4 Å². The van der Waals surface area contributed by atoms with Crippen molar-refractivity contribution in [1.82, 2.24) is 5.32 Å². The Morgan fingerprint density at radius 3 is 2.64 bits per heavy atom. The van der Waals surface area contributed by atoms with Crippen LogP contribution in [0.2, 0.25) is 5.02 Å². The molecule has 1 aliphatic heterocycles. The molecule has 10 heteroatoms. The first-order valence-corrected chi connectivity index (χ1v) is 9.22. The summed E-state index contributed by atoms with van der Waals surface area (Å²) in [5.74, 6) is -0.537. The van der Waals surface area contributed by atoms with Crippen molar-refractivity contribution >= 4 is 51.9 Å². The molecule has 1 saturated heterocycles. The summed E-state index contributed by atoms with van der Waals surface area (Å²) in [7, 11) is 0. The van der Waals surface area contributed by atoms with E-state index in [-0.39, 0.29) is 16.4 Å². The average Bonchev–Trinajstić information content (AvgIpc) is 2.68. The first-order valence-electron chi connectivity index (χ1n) is 8.43. The van der Waals surface area contributed by atoms with Crippen LogP contribution in [0.5, 0.6) is 0 Å². The fraction of sp³-hybridized carbons (Fsp3) is 0.222. The van der Waals surface area contributed by atoms with Crippen molar-refractivity contribution in [1.29, 1.82) is 0 Å². The molecule has 0 saturated carbocycles. The minimum absolute atomic E-state index is 0.0618. The Hall–Kier alpha value is -2.75. The summed E-state index contributed by atoms with van der Waals surface area (Å²) in [6.45, 7) is 2.21. The number of anilines is 2. The van der Waals surface area contributed by atoms with Gasteiger partial charge in [-0.05, 0) is 36.5 Å². The fourth-order valence-corrected chi connectivity index (χ4v) is 3.20. The zero-order chi connectivity index (χ0) is 20.1. The van der Waals surface area contributed by atoms with E-state index in [1.807, 2.05) is 4.90 Å². The van der Waals surface area contributed by atoms with E-state index in [1.165, 1.54) is 12.1 Å². The Kier molecular flexibility index (Phi) is 6.40. The fourth-order valence-electron chi connectivity index (χ4n) is 2.80. The molecule has 1 fully saturated rings. The standard InChI is InChI=1S/C18H17ClN4O4S/c19-12-2-1-3-13(10-12)20-18(28)21-17(24)15-11-14(23(25)26)4-5-16(15)22-6-8-27-9-7-22/h1-5,10-11H,6-9H2,(H2,20,21,24,28). The van der Waals surface area contributed by atoms with Gasteiger partial charge in [0.1, 0.15) is 0 Å². The quantitative estimate of drug-likeness (QED) is 0.445. The molecule has 2 aromatic rings. The van der Waals surface area contributed by atoms with Crippen LogP contribution >= 0.6 is 23.8 Å². The highest BCUT2D eigenvalue weighted by molar-refractivity contribution is 7.80. The number of nitro benzene ring substituents is 1. The molecule has 0 unspecified atom stereocenters. The molecular weight excluding hydrogens is 404 g/mol. The Morgan fingerprint density at radius 1 is 1.21 bits per heavy atom. The number of non-ortho nitro benzene ring substituents is 1. The number of rotatable bonds is 4. The summed E-state index contributed by atoms with van der Waals surface area (Å²) in [6.07, 6.45) is 0. The van der Waals surface area contributed by atoms with Crippen LogP contribution in [0.3, 0.4) is 0 Å². The van der Waals surface area contributed by atoms with Gasteiger partial charge in [-0.25, -0.2) is 0 Å². The van der Waals surface area contributed by atoms with Gasteiger partial charge in [-0.2, -0.15) is 0 Å². The largest absolute Gasteiger partial charge is 0.378 e. The van der Waals surface area contributed by atoms with Crippen LogP contribution < -0.4 is 15.5 Å². The minimum Gasteiger partial charge on any atom is -0.378 e. The molecule has 146 valence electrons. The maximum atomic E-state index is 12.8. The molecule has 0 aliphatic carbocycles. The van der Waals surface area contributed by atoms with Crippen molar-refractivity contribution < 1.29 is 14.5 Å². The Morgan fingerprint density at radius 2 is 1.96 bits per heavy atom. The topological polar surface area (TPSA) is 96.7 Å². The second-order valence-corrected chi connectivity index (χ2v) is 6.82. The monoisotopic (exact) mass is 420 g/mol. The van der Waals surface area contributed by atoms with Crippen LogP contribution in [0.25, 0.3) is 0 Å². The first kappa shape index (κ1) is 20.0. The summed E-state index contributed by atoms with van der Waals surface area (Å²) in [6, 6.07) is 11.1. The molecule has 8 nitrogen and oxygen atoms in total. The molecule has 3 rings (SSSR count). The van der Waals surface area contributed by atoms with Gasteiger partial charge in [0.15, 0.2) is 5.11 Å². The van der Waals surface area contributed by atoms with E-state index >= 15 is 0 Å². The van der Waals surface area contributed by atoms with Crippen molar-refractivity contribution in [2.45, 2.75) is 0 Å². The third-order valence-electron chi connectivity index (χ3n) is 4.10. The number of carbonyl (C=O) groups excluding carboxylic acids is 1. The molecule has 0 spiro atoms. The molecule has 1 heterocycles. The average molecular weight is 421 g/mol. The highest BCUT2D eigenvalue weighted by Crippen LogP contribution is 2.26. The highest BCUT2D eigenvalue weighted by Gasteiger charge is 2.22. The minimum atomic E-state index is -0.539. The predicted octanol–water partition coefficient (Wildman–Crippen LogP) is 3.21. The van der Waals surface area contributed by atoms with Gasteiger partial charge in [0, 0.05) is 35.9 Å². The molecular formula is C18H17ClN4O4S. The number of carbonyl (C=O) groups is 1. The third kappa shape index (κ3) is 4.94. The van der Waals surface area contributed by atoms with Gasteiger partial charge in [-0.3, -0.25) is 20.2 Å². The summed E-state index contributed by atoms with van der Waals surface area (Å²) in [4.78, 5) is 25.4. The van der Waals surface area contributed by atoms with Gasteiger partial charge < -0.3 is 15.0 Å². The number of hydrogen-bond acceptors (Lipinski definition) is 6. The smallest absolute Gasteiger partial charge is 0.270 e. The Bertz CT molecular complexity index is 918. The highest BCUT2D eigenvalue weighted by atomic mass is 35.5. The van der Waals surface area contributed by atoms with E-state index in [2.05, 4.69) is 10.6 Å². The summed E-state index contributed by atoms with van der Waals surface area (Å²) < 4.78 is 5.33. The van der Waals surface area contributed by atoms with Crippen LogP contribution in [-0.4, -0.2) is 42.2 Å². The molecule has 0 aromatic heterocycles. The van der Waals surface area contributed by atoms with Gasteiger partial charge >= 0.3 is 0 Å². The van der Waals surface area contributed by atoms with Crippen LogP contribution in [0.15, 0.2) is 42.5 Å². The summed E-state index contributed by atoms with van der Waals surface area (Å²) in [5, 5.41) is 17.2. The van der Waals surface area contributed by atoms with Crippen molar-refractivity contribution in [2.75, 3.05) is 36.5 Å². The second kappa shape index (κ2) is 8.96. The number of nitro groups is 1. The van der Waals surface area contributed by atoms with Crippen LogP contribution in [0, 0.1) is 10.1 Å². The van der Waals surface area contributed by atoms with E-state index in [9.17, 15) is 14.9 Å². The summed E-state index contributed by atoms with van der Waals surface area (Å²) in [5.41, 5.74) is 1.21. The van der Waals surface area contributed by atoms with E-state index in [4.69, 9.17) is 28.6 Å². The second-order valence-electron chi connectivity index (χ2n) is 5.98. The van der Waals surface area contributed by atoms with Crippen molar-refractivity contribution in [3.8, 4) is 0 Å². The van der Waals surface area contributed by atoms with Crippen molar-refractivity contribution in [3.05, 3.63) is 63.2 Å². The normalized spacial score (nSPS) is 13.7. The molecule has 0 atom stereocenters. The number of benzene rings is 2. The molecule has 2 aromatic carbocycles. The Balaban J connectivity index is 1.81. The lowest BCUT2D eigenvalue weighted by Gasteiger charge is -2.30. The lowest BCUT2D eigenvalue weighted by Crippen LogP contribution is -2.39. The number of nitrogens with one attached hydrogen (secondary N) is 2. The number of ether oxygens (including phenoxy) is 1. The van der Waals surface area contributed by atoms with E-state index in [1.54, 1.807) is 30.3 Å². The third-order valence-corrected chi connectivity index (χ3v) is 4.54. The van der Waals surface area contributed by atoms with Crippen LogP contribution in [0.1, 0.15) is 10.4 Å². The lowest BCUT2D eigenvalue weighted by molar-refractivity contribution is -0.384. The number of thiocarbonyl (C=S) groups is 1. The number of hydrogen-bond donors (Lipinski definition) is 2. The summed E-state index contributed by atoms with van der Waals surface area (Å²) >= 11 is 11.1. The lowest BCUT2D eigenvalue weighted by atomic mass is 10.1. The van der Waals surface area contributed by atoms with Gasteiger partial charge in [0.25, 0.3) is 11.6 Å². The molecule has 2 N–H and O–H groups in total. The number of halogens is 1. The zero-order valence-corrected chi connectivity index (χ0v) is 16.3. The molecule has 1 aliphatic rings. The zero-order valence-electron chi connectivity index (χ0n) is 14.7. The number of amides is 1. The van der Waals surface area contributed by atoms with Crippen molar-refractivity contribution in [3.63, 3.8) is 0 Å². The van der Waals surface area contributed by atoms with E-state index in [0.717, 1.165) is 0 Å². The molecule has 0 bridgehead atoms. The van der Waals surface area contributed by atoms with E-state index < -0.39 is 10.8 Å². The van der Waals surface area contributed by atoms with Gasteiger partial charge in [0.2, 0.25) is 0 Å². The number of morpholine rings is 1. The molecule has 28 heavy (non-hydrogen) atoms. The SMILES string of the molecule is O=C(NC(=S)Nc1cccc(Cl)c1)c1cc([N+](=O)[O-])ccc1N1CCOCC1. The number of nitrogens with zero attached hydrogens (tertiary/aromatic N) is 2. The first-order chi connectivity index (χ1) is 13.4. The maximum absolute atomic E-state index is 12.8. The van der Waals surface area contributed by atoms with E-state index in [0.29, 0.717) is 42.7 Å². The van der Waals surface area contributed by atoms with Crippen LogP contribution in [0.4, 0.5) is 17.1 Å². The molecule has 1 amide bonds. The predicted molar refractivity (Wildman–Crippen MR) is 111 cm³/mol. The maximum Gasteiger partial charge on any atom is 0.270 e. The van der Waals surface area contributed by atoms with Gasteiger partial charge in [-0.15, -0.1) is 0 Å². The van der Waals surface area contributed by atoms with Gasteiger partial charge in [-0.1, -0.05) is 17.7 Å². The van der Waals surface area contributed by atoms with Crippen molar-refractivity contribution in [2.24, 2.45) is 0 Å².